The molecule has 8 atom stereocenters. The van der Waals surface area contributed by atoms with E-state index in [-0.39, 0.29) is 57.5 Å². The van der Waals surface area contributed by atoms with Crippen molar-refractivity contribution < 1.29 is 38.7 Å². The molecule has 1 aliphatic heterocycles. The molecule has 1 heterocycles. The van der Waals surface area contributed by atoms with E-state index in [0.29, 0.717) is 13.1 Å². The minimum absolute atomic E-state index is 0.0526. The molecule has 1 saturated heterocycles. The molecule has 1 aromatic rings. The molecule has 0 bridgehead atoms. The molecular formula is C36H63B2N11O8. The van der Waals surface area contributed by atoms with Crippen molar-refractivity contribution in [3.63, 3.8) is 0 Å². The van der Waals surface area contributed by atoms with E-state index < -0.39 is 89.7 Å². The number of nitrogens with one attached hydrogen (secondary N) is 10. The summed E-state index contributed by atoms with van der Waals surface area (Å²) >= 11 is 0. The number of aliphatic hydroxyl groups excluding tert-OH is 1. The minimum Gasteiger partial charge on any atom is -0.391 e. The molecule has 1 fully saturated rings. The van der Waals surface area contributed by atoms with Crippen molar-refractivity contribution in [2.45, 2.75) is 108 Å². The summed E-state index contributed by atoms with van der Waals surface area (Å²) in [6.45, 7) is 5.83. The van der Waals surface area contributed by atoms with Gasteiger partial charge < -0.3 is 63.8 Å². The second kappa shape index (κ2) is 25.6. The average molecular weight is 800 g/mol. The summed E-state index contributed by atoms with van der Waals surface area (Å²) in [5, 5.41) is 38.0. The fraction of sp³-hybridized carbons (Fsp3) is 0.639. The van der Waals surface area contributed by atoms with Gasteiger partial charge in [-0.3, -0.25) is 33.6 Å². The van der Waals surface area contributed by atoms with Crippen LogP contribution in [0, 0.1) is 5.92 Å². The highest BCUT2D eigenvalue weighted by molar-refractivity contribution is 6.04. The smallest absolute Gasteiger partial charge is 0.245 e. The van der Waals surface area contributed by atoms with Gasteiger partial charge in [-0.1, -0.05) is 44.2 Å². The molecule has 0 unspecified atom stereocenters. The summed E-state index contributed by atoms with van der Waals surface area (Å²) in [4.78, 5) is 95.8. The lowest BCUT2D eigenvalue weighted by Gasteiger charge is -2.28. The van der Waals surface area contributed by atoms with Crippen LogP contribution in [0.15, 0.2) is 30.3 Å². The molecule has 13 N–H and O–H groups in total. The van der Waals surface area contributed by atoms with Crippen LogP contribution in [0.1, 0.15) is 58.4 Å². The number of benzene rings is 1. The Labute approximate surface area is 336 Å². The molecule has 0 aliphatic carbocycles. The van der Waals surface area contributed by atoms with E-state index >= 15 is 0 Å². The van der Waals surface area contributed by atoms with Gasteiger partial charge in [-0.25, -0.2) is 0 Å². The lowest BCUT2D eigenvalue weighted by Crippen LogP contribution is -2.61. The number of nitrogens with two attached hydrogens (primary N) is 1. The number of carbonyl (C=O) groups is 7. The standard InChI is InChI=1S/C36H63B2N11O8/c1-20(2)18-27-34(55)46-25(12-16-42-37)31(52)45-26(13-17-43-38)33(54)49-29(21(3)50)36(57)41-15-10-23(39)30(51)44-24(11-14-40-4)32(53)48-28(35(56)47-27)19-22-8-6-5-7-9-22/h5-9,20-21,23-29,40,42-43,50H,10-19,37-39H2,1-4H3,(H,41,57)(H,44,51)(H,45,52)(H,46,55)(H,47,56)(H,48,53)(H,49,54)/t21-,23+,24+,25+,26+,27+,28-,29+/m1/s1. The molecule has 21 heteroatoms. The molecule has 1 aliphatic rings. The maximum atomic E-state index is 14.1. The molecular weight excluding hydrogens is 736 g/mol. The van der Waals surface area contributed by atoms with Gasteiger partial charge in [0.2, 0.25) is 41.4 Å². The summed E-state index contributed by atoms with van der Waals surface area (Å²) in [5.41, 5.74) is 6.89. The van der Waals surface area contributed by atoms with Crippen molar-refractivity contribution in [3.05, 3.63) is 35.9 Å². The Morgan fingerprint density at radius 3 is 1.63 bits per heavy atom. The molecule has 7 amide bonds. The van der Waals surface area contributed by atoms with Crippen molar-refractivity contribution in [1.29, 1.82) is 0 Å². The SMILES string of the molecule is BNCC[C@@H]1NC(=O)[C@H](CC(C)C)NC(=O)[C@@H](Cc2ccccc2)NC(=O)[C@H](CCNC)NC(=O)[C@@H](N)CCNC(=O)[C@H]([C@@H](C)O)NC(=O)[C@H](CCNB)NC1=O. The number of amides is 7. The maximum absolute atomic E-state index is 14.1. The molecule has 2 rings (SSSR count). The zero-order valence-electron chi connectivity index (χ0n) is 34.0. The van der Waals surface area contributed by atoms with E-state index in [0.717, 1.165) is 5.56 Å². The van der Waals surface area contributed by atoms with Crippen LogP contribution in [0.3, 0.4) is 0 Å². The van der Waals surface area contributed by atoms with E-state index in [9.17, 15) is 38.7 Å². The average Bonchev–Trinajstić information content (AvgIpc) is 3.17. The number of carbonyl (C=O) groups excluding carboxylic acids is 7. The summed E-state index contributed by atoms with van der Waals surface area (Å²) in [6, 6.07) is 0.584. The topological polar surface area (TPSA) is 286 Å². The zero-order chi connectivity index (χ0) is 42.5. The Bertz CT molecular complexity index is 1480. The number of aliphatic hydroxyl groups is 1. The highest BCUT2D eigenvalue weighted by Crippen LogP contribution is 2.10. The van der Waals surface area contributed by atoms with Crippen LogP contribution >= 0.6 is 0 Å². The lowest BCUT2D eigenvalue weighted by atomic mass is 10.00. The van der Waals surface area contributed by atoms with E-state index in [4.69, 9.17) is 5.73 Å². The first-order chi connectivity index (χ1) is 27.1. The van der Waals surface area contributed by atoms with Gasteiger partial charge in [-0.05, 0) is 77.2 Å². The Balaban J connectivity index is 2.62. The van der Waals surface area contributed by atoms with Crippen LogP contribution in [0.2, 0.25) is 0 Å². The van der Waals surface area contributed by atoms with Gasteiger partial charge in [-0.2, -0.15) is 0 Å². The summed E-state index contributed by atoms with van der Waals surface area (Å²) in [7, 11) is 5.01. The number of rotatable bonds is 14. The van der Waals surface area contributed by atoms with Crippen LogP contribution in [0.25, 0.3) is 0 Å². The molecule has 0 spiro atoms. The van der Waals surface area contributed by atoms with Gasteiger partial charge in [0.1, 0.15) is 36.3 Å². The predicted octanol–water partition coefficient (Wildman–Crippen LogP) is -5.92. The maximum Gasteiger partial charge on any atom is 0.245 e. The fourth-order valence-electron chi connectivity index (χ4n) is 6.05. The third-order valence-corrected chi connectivity index (χ3v) is 9.36. The lowest BCUT2D eigenvalue weighted by molar-refractivity contribution is -0.136. The van der Waals surface area contributed by atoms with Gasteiger partial charge in [0.15, 0.2) is 16.0 Å². The minimum atomic E-state index is -1.43. The van der Waals surface area contributed by atoms with Gasteiger partial charge in [0, 0.05) is 13.0 Å². The second-order valence-corrected chi connectivity index (χ2v) is 14.7. The van der Waals surface area contributed by atoms with Crippen LogP contribution in [0.5, 0.6) is 0 Å². The monoisotopic (exact) mass is 800 g/mol. The quantitative estimate of drug-likeness (QED) is 0.0785. The van der Waals surface area contributed by atoms with E-state index in [2.05, 4.69) is 53.0 Å². The first kappa shape index (κ1) is 48.6. The van der Waals surface area contributed by atoms with Crippen LogP contribution in [0.4, 0.5) is 0 Å². The largest absolute Gasteiger partial charge is 0.391 e. The van der Waals surface area contributed by atoms with Crippen LogP contribution < -0.4 is 58.7 Å². The fourth-order valence-corrected chi connectivity index (χ4v) is 6.05. The normalized spacial score (nSPS) is 25.9. The Hall–Kier alpha value is -4.56. The van der Waals surface area contributed by atoms with E-state index in [1.165, 1.54) is 6.92 Å². The van der Waals surface area contributed by atoms with E-state index in [1.807, 2.05) is 19.9 Å². The second-order valence-electron chi connectivity index (χ2n) is 14.7. The number of hydrogen-bond donors (Lipinski definition) is 12. The van der Waals surface area contributed by atoms with Crippen molar-refractivity contribution >= 4 is 57.3 Å². The first-order valence-electron chi connectivity index (χ1n) is 19.6. The third-order valence-electron chi connectivity index (χ3n) is 9.36. The first-order valence-corrected chi connectivity index (χ1v) is 19.6. The zero-order valence-corrected chi connectivity index (χ0v) is 34.0. The molecule has 0 saturated carbocycles. The van der Waals surface area contributed by atoms with Gasteiger partial charge in [0.05, 0.1) is 12.1 Å². The predicted molar refractivity (Wildman–Crippen MR) is 219 cm³/mol. The van der Waals surface area contributed by atoms with Crippen molar-refractivity contribution in [2.24, 2.45) is 11.7 Å². The van der Waals surface area contributed by atoms with E-state index in [1.54, 1.807) is 47.3 Å². The molecule has 0 radical (unpaired) electrons. The third kappa shape index (κ3) is 17.2. The summed E-state index contributed by atoms with van der Waals surface area (Å²) in [6.07, 6.45) is -0.843. The van der Waals surface area contributed by atoms with Crippen molar-refractivity contribution in [3.8, 4) is 0 Å². The number of hydrogen-bond acceptors (Lipinski definition) is 12. The molecule has 19 nitrogen and oxygen atoms in total. The van der Waals surface area contributed by atoms with Crippen molar-refractivity contribution in [2.75, 3.05) is 33.2 Å². The summed E-state index contributed by atoms with van der Waals surface area (Å²) in [5.74, 6) is -4.96. The van der Waals surface area contributed by atoms with Gasteiger partial charge in [-0.15, -0.1) is 0 Å². The Morgan fingerprint density at radius 1 is 0.667 bits per heavy atom. The molecule has 1 aromatic carbocycles. The molecule has 0 aromatic heterocycles. The highest BCUT2D eigenvalue weighted by Gasteiger charge is 2.35. The van der Waals surface area contributed by atoms with Crippen molar-refractivity contribution in [1.82, 2.24) is 53.0 Å². The Kier molecular flexibility index (Phi) is 21.9. The van der Waals surface area contributed by atoms with Crippen LogP contribution in [-0.2, 0) is 40.0 Å². The highest BCUT2D eigenvalue weighted by atomic mass is 16.3. The molecule has 316 valence electrons. The Morgan fingerprint density at radius 2 is 1.12 bits per heavy atom. The molecule has 57 heavy (non-hydrogen) atoms. The van der Waals surface area contributed by atoms with Gasteiger partial charge in [0.25, 0.3) is 0 Å². The summed E-state index contributed by atoms with van der Waals surface area (Å²) < 4.78 is 0. The van der Waals surface area contributed by atoms with Crippen LogP contribution in [-0.4, -0.2) is 144 Å². The van der Waals surface area contributed by atoms with Gasteiger partial charge >= 0.3 is 0 Å².